The summed E-state index contributed by atoms with van der Waals surface area (Å²) in [6.07, 6.45) is 0.540. The second kappa shape index (κ2) is 2.95. The number of hydrogen-bond acceptors (Lipinski definition) is 6. The molecular formula is C7H9N5OS. The summed E-state index contributed by atoms with van der Waals surface area (Å²) >= 11 is 1.14. The normalized spacial score (nSPS) is 10.9. The van der Waals surface area contributed by atoms with E-state index in [0.717, 1.165) is 11.3 Å². The summed E-state index contributed by atoms with van der Waals surface area (Å²) in [6, 6.07) is 0. The van der Waals surface area contributed by atoms with E-state index in [0.29, 0.717) is 22.1 Å². The first-order valence-electron chi connectivity index (χ1n) is 4.07. The van der Waals surface area contributed by atoms with Crippen molar-refractivity contribution in [3.8, 4) is 0 Å². The molecule has 0 radical (unpaired) electrons. The van der Waals surface area contributed by atoms with Gasteiger partial charge in [-0.3, -0.25) is 4.79 Å². The Morgan fingerprint density at radius 3 is 2.86 bits per heavy atom. The van der Waals surface area contributed by atoms with E-state index in [2.05, 4.69) is 10.1 Å². The molecule has 0 unspecified atom stereocenters. The summed E-state index contributed by atoms with van der Waals surface area (Å²) in [6.45, 7) is 1.84. The summed E-state index contributed by atoms with van der Waals surface area (Å²) in [5.41, 5.74) is 11.3. The highest BCUT2D eigenvalue weighted by Gasteiger charge is 2.11. The van der Waals surface area contributed by atoms with E-state index in [9.17, 15) is 4.79 Å². The first-order chi connectivity index (χ1) is 6.63. The minimum absolute atomic E-state index is 0.233. The van der Waals surface area contributed by atoms with E-state index >= 15 is 0 Å². The summed E-state index contributed by atoms with van der Waals surface area (Å²) in [7, 11) is 0. The molecule has 0 aliphatic rings. The third-order valence-electron chi connectivity index (χ3n) is 1.90. The van der Waals surface area contributed by atoms with Crippen LogP contribution in [-0.2, 0) is 6.42 Å². The van der Waals surface area contributed by atoms with Crippen LogP contribution in [0.5, 0.6) is 0 Å². The van der Waals surface area contributed by atoms with Crippen molar-refractivity contribution in [1.29, 1.82) is 0 Å². The Morgan fingerprint density at radius 1 is 1.50 bits per heavy atom. The van der Waals surface area contributed by atoms with Gasteiger partial charge in [-0.05, 0) is 6.42 Å². The molecule has 2 aromatic rings. The van der Waals surface area contributed by atoms with Crippen molar-refractivity contribution in [3.05, 3.63) is 15.9 Å². The maximum atomic E-state index is 11.7. The molecule has 4 N–H and O–H groups in total. The average Bonchev–Trinajstić information content (AvgIpc) is 2.47. The standard InChI is InChI=1S/C7H9N5OS/c1-2-3-4(8)10-7-12(5(3)13)11-6(9)14-7/h2,8H2,1H3,(H2,9,11). The molecule has 0 amide bonds. The van der Waals surface area contributed by atoms with Crippen molar-refractivity contribution in [3.63, 3.8) is 0 Å². The molecule has 2 rings (SSSR count). The highest BCUT2D eigenvalue weighted by molar-refractivity contribution is 7.20. The van der Waals surface area contributed by atoms with Crippen LogP contribution >= 0.6 is 11.3 Å². The third-order valence-corrected chi connectivity index (χ3v) is 2.64. The van der Waals surface area contributed by atoms with Gasteiger partial charge in [-0.1, -0.05) is 18.3 Å². The monoisotopic (exact) mass is 211 g/mol. The average molecular weight is 211 g/mol. The second-order valence-corrected chi connectivity index (χ2v) is 3.76. The molecule has 6 nitrogen and oxygen atoms in total. The lowest BCUT2D eigenvalue weighted by Gasteiger charge is -1.99. The van der Waals surface area contributed by atoms with Crippen LogP contribution in [0.25, 0.3) is 4.96 Å². The van der Waals surface area contributed by atoms with Gasteiger partial charge in [0.15, 0.2) is 0 Å². The van der Waals surface area contributed by atoms with Gasteiger partial charge in [0.25, 0.3) is 5.56 Å². The van der Waals surface area contributed by atoms with Crippen molar-refractivity contribution < 1.29 is 0 Å². The lowest BCUT2D eigenvalue weighted by atomic mass is 10.2. The predicted molar refractivity (Wildman–Crippen MR) is 55.3 cm³/mol. The number of anilines is 2. The van der Waals surface area contributed by atoms with E-state index in [-0.39, 0.29) is 11.4 Å². The minimum Gasteiger partial charge on any atom is -0.383 e. The van der Waals surface area contributed by atoms with Crippen LogP contribution in [0, 0.1) is 0 Å². The van der Waals surface area contributed by atoms with Crippen LogP contribution in [0.4, 0.5) is 10.9 Å². The fourth-order valence-corrected chi connectivity index (χ4v) is 1.90. The zero-order chi connectivity index (χ0) is 10.3. The van der Waals surface area contributed by atoms with Crippen LogP contribution in [0.15, 0.2) is 4.79 Å². The predicted octanol–water partition coefficient (Wildman–Crippen LogP) is -0.122. The van der Waals surface area contributed by atoms with Gasteiger partial charge in [0.05, 0.1) is 5.56 Å². The van der Waals surface area contributed by atoms with Crippen LogP contribution in [0.3, 0.4) is 0 Å². The Bertz CT molecular complexity index is 543. The molecule has 74 valence electrons. The van der Waals surface area contributed by atoms with Crippen LogP contribution in [-0.4, -0.2) is 14.6 Å². The summed E-state index contributed by atoms with van der Waals surface area (Å²) < 4.78 is 1.19. The molecule has 7 heteroatoms. The third kappa shape index (κ3) is 1.13. The van der Waals surface area contributed by atoms with Gasteiger partial charge in [0, 0.05) is 0 Å². The molecular weight excluding hydrogens is 202 g/mol. The smallest absolute Gasteiger partial charge is 0.280 e. The molecule has 0 atom stereocenters. The summed E-state index contributed by atoms with van der Waals surface area (Å²) in [5.74, 6) is 0.265. The Balaban J connectivity index is 2.92. The van der Waals surface area contributed by atoms with Crippen molar-refractivity contribution >= 4 is 27.2 Å². The van der Waals surface area contributed by atoms with Gasteiger partial charge in [-0.2, -0.15) is 4.52 Å². The van der Waals surface area contributed by atoms with Crippen molar-refractivity contribution in [1.82, 2.24) is 14.6 Å². The Morgan fingerprint density at radius 2 is 2.21 bits per heavy atom. The quantitative estimate of drug-likeness (QED) is 0.685. The molecule has 2 aromatic heterocycles. The van der Waals surface area contributed by atoms with Crippen molar-refractivity contribution in [2.24, 2.45) is 0 Å². The maximum absolute atomic E-state index is 11.7. The molecule has 14 heavy (non-hydrogen) atoms. The Kier molecular flexibility index (Phi) is 1.88. The molecule has 0 fully saturated rings. The lowest BCUT2D eigenvalue weighted by Crippen LogP contribution is -2.21. The van der Waals surface area contributed by atoms with Crippen LogP contribution in [0.1, 0.15) is 12.5 Å². The van der Waals surface area contributed by atoms with E-state index in [1.165, 1.54) is 4.52 Å². The fraction of sp³-hybridized carbons (Fsp3) is 0.286. The molecule has 0 spiro atoms. The second-order valence-electron chi connectivity index (χ2n) is 2.77. The van der Waals surface area contributed by atoms with Crippen molar-refractivity contribution in [2.45, 2.75) is 13.3 Å². The lowest BCUT2D eigenvalue weighted by molar-refractivity contribution is 0.876. The number of aromatic nitrogens is 3. The highest BCUT2D eigenvalue weighted by Crippen LogP contribution is 2.15. The Hall–Kier alpha value is -1.63. The maximum Gasteiger partial charge on any atom is 0.280 e. The van der Waals surface area contributed by atoms with E-state index < -0.39 is 0 Å². The number of nitrogens with zero attached hydrogens (tertiary/aromatic N) is 3. The molecule has 2 heterocycles. The van der Waals surface area contributed by atoms with E-state index in [1.54, 1.807) is 0 Å². The van der Waals surface area contributed by atoms with Gasteiger partial charge in [0.2, 0.25) is 10.1 Å². The molecule has 0 aliphatic heterocycles. The van der Waals surface area contributed by atoms with Gasteiger partial charge < -0.3 is 11.5 Å². The number of nitrogen functional groups attached to an aromatic ring is 2. The molecule has 0 saturated carbocycles. The first-order valence-corrected chi connectivity index (χ1v) is 4.88. The zero-order valence-corrected chi connectivity index (χ0v) is 8.34. The van der Waals surface area contributed by atoms with Crippen molar-refractivity contribution in [2.75, 3.05) is 11.5 Å². The molecule has 0 bridgehead atoms. The van der Waals surface area contributed by atoms with Crippen LogP contribution in [0.2, 0.25) is 0 Å². The van der Waals surface area contributed by atoms with E-state index in [1.807, 2.05) is 6.92 Å². The van der Waals surface area contributed by atoms with Gasteiger partial charge in [-0.25, -0.2) is 4.98 Å². The first kappa shape index (κ1) is 8.95. The SMILES string of the molecule is CCc1c(N)nc2sc(N)nn2c1=O. The summed E-state index contributed by atoms with van der Waals surface area (Å²) in [4.78, 5) is 16.2. The largest absolute Gasteiger partial charge is 0.383 e. The minimum atomic E-state index is -0.233. The van der Waals surface area contributed by atoms with Gasteiger partial charge in [-0.15, -0.1) is 5.10 Å². The zero-order valence-electron chi connectivity index (χ0n) is 7.52. The van der Waals surface area contributed by atoms with Crippen LogP contribution < -0.4 is 17.0 Å². The fourth-order valence-electron chi connectivity index (χ4n) is 1.24. The number of hydrogen-bond donors (Lipinski definition) is 2. The highest BCUT2D eigenvalue weighted by atomic mass is 32.1. The van der Waals surface area contributed by atoms with Gasteiger partial charge in [0.1, 0.15) is 5.82 Å². The van der Waals surface area contributed by atoms with E-state index in [4.69, 9.17) is 11.5 Å². The topological polar surface area (TPSA) is 99.3 Å². The molecule has 0 aromatic carbocycles. The molecule has 0 saturated heterocycles. The number of nitrogens with two attached hydrogens (primary N) is 2. The Labute approximate surface area is 83.2 Å². The number of fused-ring (bicyclic) bond motifs is 1. The number of rotatable bonds is 1. The molecule has 0 aliphatic carbocycles. The van der Waals surface area contributed by atoms with Gasteiger partial charge >= 0.3 is 0 Å². The summed E-state index contributed by atoms with van der Waals surface area (Å²) in [5, 5.41) is 4.15.